The first-order valence-electron chi connectivity index (χ1n) is 12.5. The number of nitrogens with zero attached hydrogens (tertiary/aromatic N) is 2. The number of hydrogen-bond acceptors (Lipinski definition) is 5. The molecule has 1 heterocycles. The largest absolute Gasteiger partial charge is 0.452 e. The smallest absolute Gasteiger partial charge is 0.338 e. The third-order valence-corrected chi connectivity index (χ3v) is 6.29. The van der Waals surface area contributed by atoms with Gasteiger partial charge in [-0.05, 0) is 49.7 Å². The van der Waals surface area contributed by atoms with Crippen molar-refractivity contribution in [2.45, 2.75) is 20.4 Å². The Bertz CT molecular complexity index is 1650. The fourth-order valence-corrected chi connectivity index (χ4v) is 4.08. The summed E-state index contributed by atoms with van der Waals surface area (Å²) < 4.78 is 18.3. The van der Waals surface area contributed by atoms with Crippen molar-refractivity contribution in [1.29, 1.82) is 0 Å². The second-order valence-corrected chi connectivity index (χ2v) is 9.34. The van der Waals surface area contributed by atoms with Crippen molar-refractivity contribution in [3.63, 3.8) is 0 Å². The average molecular weight is 520 g/mol. The summed E-state index contributed by atoms with van der Waals surface area (Å²) in [6.07, 6.45) is 0. The Morgan fingerprint density at radius 1 is 0.744 bits per heavy atom. The lowest BCUT2D eigenvalue weighted by molar-refractivity contribution is -0.124. The lowest BCUT2D eigenvalue weighted by Crippen LogP contribution is -2.28. The van der Waals surface area contributed by atoms with Crippen LogP contribution in [0.5, 0.6) is 0 Å². The van der Waals surface area contributed by atoms with Gasteiger partial charge >= 0.3 is 5.97 Å². The lowest BCUT2D eigenvalue weighted by Gasteiger charge is -2.12. The van der Waals surface area contributed by atoms with Crippen LogP contribution in [-0.4, -0.2) is 28.5 Å². The van der Waals surface area contributed by atoms with Gasteiger partial charge in [-0.1, -0.05) is 71.8 Å². The molecule has 0 saturated heterocycles. The van der Waals surface area contributed by atoms with Gasteiger partial charge in [0.05, 0.1) is 28.0 Å². The Morgan fingerprint density at radius 3 is 1.90 bits per heavy atom. The summed E-state index contributed by atoms with van der Waals surface area (Å²) >= 11 is 0. The fourth-order valence-electron chi connectivity index (χ4n) is 4.08. The Kier molecular flexibility index (Phi) is 7.41. The molecule has 7 heteroatoms. The average Bonchev–Trinajstić information content (AvgIpc) is 2.95. The maximum Gasteiger partial charge on any atom is 0.338 e. The second-order valence-electron chi connectivity index (χ2n) is 9.34. The number of aryl methyl sites for hydroxylation is 2. The highest BCUT2D eigenvalue weighted by atomic mass is 19.1. The van der Waals surface area contributed by atoms with Crippen molar-refractivity contribution >= 4 is 22.9 Å². The summed E-state index contributed by atoms with van der Waals surface area (Å²) in [7, 11) is 0. The third kappa shape index (κ3) is 6.15. The SMILES string of the molecule is Cc1ccc(-c2nc3ccc(C(=O)OCC(=O)NCc4ccc(F)cc4)cc3nc2-c2ccc(C)cc2)cc1. The number of nitrogens with one attached hydrogen (secondary N) is 1. The molecule has 1 N–H and O–H groups in total. The number of ether oxygens (including phenoxy) is 1. The molecular formula is C32H26FN3O3. The number of amides is 1. The van der Waals surface area contributed by atoms with Gasteiger partial charge in [-0.3, -0.25) is 4.79 Å². The van der Waals surface area contributed by atoms with Gasteiger partial charge in [0.25, 0.3) is 5.91 Å². The van der Waals surface area contributed by atoms with Crippen LogP contribution < -0.4 is 5.32 Å². The first-order chi connectivity index (χ1) is 18.9. The molecule has 0 unspecified atom stereocenters. The minimum atomic E-state index is -0.643. The minimum Gasteiger partial charge on any atom is -0.452 e. The van der Waals surface area contributed by atoms with Crippen molar-refractivity contribution in [1.82, 2.24) is 15.3 Å². The summed E-state index contributed by atoms with van der Waals surface area (Å²) in [5.41, 5.74) is 7.77. The molecule has 0 aliphatic heterocycles. The van der Waals surface area contributed by atoms with Crippen molar-refractivity contribution < 1.29 is 18.7 Å². The lowest BCUT2D eigenvalue weighted by atomic mass is 10.0. The predicted octanol–water partition coefficient (Wildman–Crippen LogP) is 6.19. The number of carbonyl (C=O) groups excluding carboxylic acids is 2. The van der Waals surface area contributed by atoms with Crippen molar-refractivity contribution in [3.8, 4) is 22.5 Å². The van der Waals surface area contributed by atoms with Crippen LogP contribution in [0.3, 0.4) is 0 Å². The number of fused-ring (bicyclic) bond motifs is 1. The minimum absolute atomic E-state index is 0.202. The van der Waals surface area contributed by atoms with E-state index in [1.807, 2.05) is 62.4 Å². The molecule has 1 aromatic heterocycles. The molecule has 6 nitrogen and oxygen atoms in total. The first kappa shape index (κ1) is 25.7. The monoisotopic (exact) mass is 519 g/mol. The van der Waals surface area contributed by atoms with E-state index >= 15 is 0 Å². The number of rotatable bonds is 7. The van der Waals surface area contributed by atoms with E-state index in [9.17, 15) is 14.0 Å². The van der Waals surface area contributed by atoms with Crippen molar-refractivity contribution in [2.24, 2.45) is 0 Å². The second kappa shape index (κ2) is 11.2. The number of aromatic nitrogens is 2. The summed E-state index contributed by atoms with van der Waals surface area (Å²) in [6, 6.07) is 26.9. The van der Waals surface area contributed by atoms with E-state index in [0.717, 1.165) is 33.5 Å². The molecule has 0 aliphatic rings. The molecule has 1 amide bonds. The van der Waals surface area contributed by atoms with Gasteiger partial charge in [0, 0.05) is 17.7 Å². The third-order valence-electron chi connectivity index (χ3n) is 6.29. The van der Waals surface area contributed by atoms with E-state index in [1.54, 1.807) is 30.3 Å². The van der Waals surface area contributed by atoms with Gasteiger partial charge in [-0.25, -0.2) is 19.2 Å². The zero-order chi connectivity index (χ0) is 27.4. The van der Waals surface area contributed by atoms with Crippen LogP contribution in [-0.2, 0) is 16.1 Å². The van der Waals surface area contributed by atoms with Crippen LogP contribution in [0.1, 0.15) is 27.0 Å². The van der Waals surface area contributed by atoms with Gasteiger partial charge in [0.15, 0.2) is 6.61 Å². The molecular weight excluding hydrogens is 493 g/mol. The molecule has 0 radical (unpaired) electrons. The van der Waals surface area contributed by atoms with Gasteiger partial charge in [0.1, 0.15) is 5.82 Å². The Morgan fingerprint density at radius 2 is 1.31 bits per heavy atom. The van der Waals surface area contributed by atoms with Crippen LogP contribution in [0.15, 0.2) is 91.0 Å². The van der Waals surface area contributed by atoms with Gasteiger partial charge in [0.2, 0.25) is 0 Å². The maximum atomic E-state index is 13.0. The van der Waals surface area contributed by atoms with E-state index in [0.29, 0.717) is 16.7 Å². The highest BCUT2D eigenvalue weighted by Crippen LogP contribution is 2.31. The zero-order valence-electron chi connectivity index (χ0n) is 21.6. The van der Waals surface area contributed by atoms with Gasteiger partial charge in [-0.15, -0.1) is 0 Å². The van der Waals surface area contributed by atoms with E-state index in [4.69, 9.17) is 14.7 Å². The molecule has 0 atom stereocenters. The first-order valence-corrected chi connectivity index (χ1v) is 12.5. The Hall–Kier alpha value is -4.91. The molecule has 4 aromatic carbocycles. The number of hydrogen-bond donors (Lipinski definition) is 1. The van der Waals surface area contributed by atoms with E-state index < -0.39 is 18.5 Å². The summed E-state index contributed by atoms with van der Waals surface area (Å²) in [6.45, 7) is 3.82. The summed E-state index contributed by atoms with van der Waals surface area (Å²) in [4.78, 5) is 34.7. The molecule has 0 saturated carbocycles. The molecule has 0 fully saturated rings. The highest BCUT2D eigenvalue weighted by molar-refractivity contribution is 5.96. The maximum absolute atomic E-state index is 13.0. The number of esters is 1. The van der Waals surface area contributed by atoms with Crippen LogP contribution in [0.4, 0.5) is 4.39 Å². The zero-order valence-corrected chi connectivity index (χ0v) is 21.6. The summed E-state index contributed by atoms with van der Waals surface area (Å²) in [5.74, 6) is -1.45. The number of halogens is 1. The number of carbonyl (C=O) groups is 2. The molecule has 39 heavy (non-hydrogen) atoms. The molecule has 0 bridgehead atoms. The Balaban J connectivity index is 1.37. The molecule has 0 aliphatic carbocycles. The Labute approximate surface area is 225 Å². The van der Waals surface area contributed by atoms with E-state index in [-0.39, 0.29) is 17.9 Å². The van der Waals surface area contributed by atoms with Gasteiger partial charge < -0.3 is 10.1 Å². The fraction of sp³-hybridized carbons (Fsp3) is 0.125. The van der Waals surface area contributed by atoms with Crippen LogP contribution in [0.2, 0.25) is 0 Å². The van der Waals surface area contributed by atoms with E-state index in [2.05, 4.69) is 5.32 Å². The van der Waals surface area contributed by atoms with Crippen LogP contribution in [0, 0.1) is 19.7 Å². The quantitative estimate of drug-likeness (QED) is 0.259. The van der Waals surface area contributed by atoms with Crippen molar-refractivity contribution in [2.75, 3.05) is 6.61 Å². The van der Waals surface area contributed by atoms with Crippen LogP contribution in [0.25, 0.3) is 33.5 Å². The standard InChI is InChI=1S/C32H26FN3O3/c1-20-3-9-23(10-4-20)30-31(24-11-5-21(2)6-12-24)36-28-17-25(13-16-27(28)35-30)32(38)39-19-29(37)34-18-22-7-14-26(33)15-8-22/h3-17H,18-19H2,1-2H3,(H,34,37). The predicted molar refractivity (Wildman–Crippen MR) is 148 cm³/mol. The van der Waals surface area contributed by atoms with Crippen LogP contribution >= 0.6 is 0 Å². The number of benzene rings is 4. The van der Waals surface area contributed by atoms with E-state index in [1.165, 1.54) is 12.1 Å². The van der Waals surface area contributed by atoms with Gasteiger partial charge in [-0.2, -0.15) is 0 Å². The molecule has 5 aromatic rings. The summed E-state index contributed by atoms with van der Waals surface area (Å²) in [5, 5.41) is 2.65. The molecule has 5 rings (SSSR count). The van der Waals surface area contributed by atoms with Crippen molar-refractivity contribution in [3.05, 3.63) is 119 Å². The highest BCUT2D eigenvalue weighted by Gasteiger charge is 2.16. The topological polar surface area (TPSA) is 81.2 Å². The molecule has 0 spiro atoms. The normalized spacial score (nSPS) is 10.8. The molecule has 194 valence electrons.